The molecule has 1 saturated heterocycles. The normalized spacial score (nSPS) is 20.8. The fraction of sp³-hybridized carbons (Fsp3) is 0.519. The second kappa shape index (κ2) is 10.9. The summed E-state index contributed by atoms with van der Waals surface area (Å²) < 4.78 is 21.0. The molecule has 1 aromatic carbocycles. The molecule has 2 aliphatic heterocycles. The van der Waals surface area contributed by atoms with Gasteiger partial charge in [0.1, 0.15) is 12.4 Å². The second-order valence-electron chi connectivity index (χ2n) is 9.90. The van der Waals surface area contributed by atoms with Crippen molar-refractivity contribution in [2.75, 3.05) is 45.9 Å². The Morgan fingerprint density at radius 1 is 1.14 bits per heavy atom. The minimum absolute atomic E-state index is 0.0105. The van der Waals surface area contributed by atoms with Gasteiger partial charge >= 0.3 is 0 Å². The van der Waals surface area contributed by atoms with Gasteiger partial charge in [0.15, 0.2) is 0 Å². The average Bonchev–Trinajstić information content (AvgIpc) is 3.48. The van der Waals surface area contributed by atoms with Crippen LogP contribution in [0, 0.1) is 11.7 Å². The minimum Gasteiger partial charge on any atom is -0.379 e. The van der Waals surface area contributed by atoms with E-state index in [2.05, 4.69) is 4.90 Å². The molecule has 1 saturated carbocycles. The van der Waals surface area contributed by atoms with Crippen LogP contribution in [0.25, 0.3) is 0 Å². The third-order valence-electron chi connectivity index (χ3n) is 7.54. The van der Waals surface area contributed by atoms with Crippen LogP contribution in [0.4, 0.5) is 4.39 Å². The van der Waals surface area contributed by atoms with E-state index in [9.17, 15) is 14.0 Å². The summed E-state index contributed by atoms with van der Waals surface area (Å²) in [6.07, 6.45) is 5.31. The number of hydrazone groups is 1. The Balaban J connectivity index is 1.36. The highest BCUT2D eigenvalue weighted by Gasteiger charge is 2.36. The molecule has 3 heterocycles. The van der Waals surface area contributed by atoms with Gasteiger partial charge < -0.3 is 14.2 Å². The molecule has 1 aromatic heterocycles. The summed E-state index contributed by atoms with van der Waals surface area (Å²) >= 11 is 0. The van der Waals surface area contributed by atoms with E-state index in [0.717, 1.165) is 49.3 Å². The van der Waals surface area contributed by atoms with Crippen molar-refractivity contribution in [3.63, 3.8) is 0 Å². The lowest BCUT2D eigenvalue weighted by atomic mass is 9.84. The summed E-state index contributed by atoms with van der Waals surface area (Å²) in [6, 6.07) is 9.81. The van der Waals surface area contributed by atoms with Crippen molar-refractivity contribution < 1.29 is 18.7 Å². The number of carbonyl (C=O) groups excluding carboxylic acids is 2. The van der Waals surface area contributed by atoms with Crippen molar-refractivity contribution in [2.45, 2.75) is 31.7 Å². The number of carbonyl (C=O) groups is 2. The quantitative estimate of drug-likeness (QED) is 0.565. The van der Waals surface area contributed by atoms with Crippen LogP contribution in [0.3, 0.4) is 0 Å². The maximum Gasteiger partial charge on any atom is 0.262 e. The topological polar surface area (TPSA) is 70.4 Å². The molecule has 0 bridgehead atoms. The van der Waals surface area contributed by atoms with Gasteiger partial charge in [-0.05, 0) is 42.7 Å². The third kappa shape index (κ3) is 5.37. The standard InChI is InChI=1S/C27H34FN5O3/c1-30-11-3-6-24(30)23-18-25(20-7-9-22(28)10-8-20)33(29-23)26(34)19-32(27(35)21-4-2-5-21)13-12-31-14-16-36-17-15-31/h3,6-11,21,25H,2,4-5,12-19H2,1H3/t25-/m0/s1. The summed E-state index contributed by atoms with van der Waals surface area (Å²) in [5, 5.41) is 6.24. The Labute approximate surface area is 211 Å². The fourth-order valence-electron chi connectivity index (χ4n) is 5.10. The van der Waals surface area contributed by atoms with Crippen molar-refractivity contribution in [3.8, 4) is 0 Å². The van der Waals surface area contributed by atoms with Gasteiger partial charge in [-0.1, -0.05) is 18.6 Å². The molecule has 5 rings (SSSR count). The van der Waals surface area contributed by atoms with Gasteiger partial charge in [-0.3, -0.25) is 14.5 Å². The molecule has 0 radical (unpaired) electrons. The number of benzene rings is 1. The van der Waals surface area contributed by atoms with E-state index in [0.29, 0.717) is 32.7 Å². The van der Waals surface area contributed by atoms with Crippen LogP contribution in [-0.2, 0) is 21.4 Å². The first-order valence-corrected chi connectivity index (χ1v) is 12.8. The molecule has 0 unspecified atom stereocenters. The van der Waals surface area contributed by atoms with Crippen LogP contribution in [0.15, 0.2) is 47.7 Å². The zero-order chi connectivity index (χ0) is 25.1. The zero-order valence-electron chi connectivity index (χ0n) is 20.8. The molecular formula is C27H34FN5O3. The fourth-order valence-corrected chi connectivity index (χ4v) is 5.10. The summed E-state index contributed by atoms with van der Waals surface area (Å²) in [4.78, 5) is 31.0. The number of aromatic nitrogens is 1. The summed E-state index contributed by atoms with van der Waals surface area (Å²) in [5.41, 5.74) is 2.56. The zero-order valence-corrected chi connectivity index (χ0v) is 20.8. The monoisotopic (exact) mass is 495 g/mol. The molecule has 2 amide bonds. The third-order valence-corrected chi connectivity index (χ3v) is 7.54. The van der Waals surface area contributed by atoms with Crippen LogP contribution in [0.5, 0.6) is 0 Å². The van der Waals surface area contributed by atoms with Crippen LogP contribution in [0.2, 0.25) is 0 Å². The highest BCUT2D eigenvalue weighted by Crippen LogP contribution is 2.33. The maximum atomic E-state index is 13.7. The average molecular weight is 496 g/mol. The number of ether oxygens (including phenoxy) is 1. The van der Waals surface area contributed by atoms with Crippen molar-refractivity contribution in [1.82, 2.24) is 19.4 Å². The summed E-state index contributed by atoms with van der Waals surface area (Å²) in [7, 11) is 1.94. The SMILES string of the molecule is Cn1cccc1C1=NN(C(=O)CN(CCN2CCOCC2)C(=O)C2CCC2)[C@H](c2ccc(F)cc2)C1. The number of morpholine rings is 1. The lowest BCUT2D eigenvalue weighted by Gasteiger charge is -2.34. The number of halogens is 1. The largest absolute Gasteiger partial charge is 0.379 e. The molecule has 2 aromatic rings. The molecule has 0 N–H and O–H groups in total. The van der Waals surface area contributed by atoms with E-state index >= 15 is 0 Å². The molecule has 36 heavy (non-hydrogen) atoms. The van der Waals surface area contributed by atoms with Gasteiger partial charge in [-0.25, -0.2) is 9.40 Å². The maximum absolute atomic E-state index is 13.7. The lowest BCUT2D eigenvalue weighted by molar-refractivity contribution is -0.145. The Morgan fingerprint density at radius 2 is 1.89 bits per heavy atom. The molecule has 9 heteroatoms. The van der Waals surface area contributed by atoms with E-state index in [4.69, 9.17) is 9.84 Å². The Bertz CT molecular complexity index is 1100. The molecule has 8 nitrogen and oxygen atoms in total. The predicted molar refractivity (Wildman–Crippen MR) is 134 cm³/mol. The van der Waals surface area contributed by atoms with E-state index in [1.54, 1.807) is 17.0 Å². The minimum atomic E-state index is -0.345. The van der Waals surface area contributed by atoms with Crippen LogP contribution < -0.4 is 0 Å². The Morgan fingerprint density at radius 3 is 2.53 bits per heavy atom. The highest BCUT2D eigenvalue weighted by atomic mass is 19.1. The van der Waals surface area contributed by atoms with Crippen molar-refractivity contribution in [1.29, 1.82) is 0 Å². The molecule has 2 fully saturated rings. The van der Waals surface area contributed by atoms with Crippen LogP contribution in [-0.4, -0.2) is 82.8 Å². The summed E-state index contributed by atoms with van der Waals surface area (Å²) in [5.74, 6) is -0.467. The number of rotatable bonds is 8. The first-order chi connectivity index (χ1) is 17.5. The van der Waals surface area contributed by atoms with Crippen molar-refractivity contribution >= 4 is 17.5 Å². The van der Waals surface area contributed by atoms with E-state index < -0.39 is 0 Å². The number of nitrogens with zero attached hydrogens (tertiary/aromatic N) is 5. The summed E-state index contributed by atoms with van der Waals surface area (Å²) in [6.45, 7) is 4.27. The molecule has 1 atom stereocenters. The first kappa shape index (κ1) is 24.6. The van der Waals surface area contributed by atoms with Gasteiger partial charge in [0.05, 0.1) is 30.7 Å². The Kier molecular flexibility index (Phi) is 7.48. The van der Waals surface area contributed by atoms with Crippen molar-refractivity contribution in [3.05, 3.63) is 59.7 Å². The molecule has 192 valence electrons. The Hall–Kier alpha value is -3.04. The van der Waals surface area contributed by atoms with E-state index in [1.807, 2.05) is 29.9 Å². The number of amides is 2. The van der Waals surface area contributed by atoms with E-state index in [-0.39, 0.29) is 36.1 Å². The smallest absolute Gasteiger partial charge is 0.262 e. The second-order valence-corrected chi connectivity index (χ2v) is 9.90. The van der Waals surface area contributed by atoms with Crippen molar-refractivity contribution in [2.24, 2.45) is 18.1 Å². The first-order valence-electron chi connectivity index (χ1n) is 12.8. The van der Waals surface area contributed by atoms with E-state index in [1.165, 1.54) is 17.1 Å². The van der Waals surface area contributed by atoms with Gasteiger partial charge in [-0.2, -0.15) is 5.10 Å². The van der Waals surface area contributed by atoms with Gasteiger partial charge in [0.2, 0.25) is 5.91 Å². The van der Waals surface area contributed by atoms with Crippen LogP contribution >= 0.6 is 0 Å². The number of aryl methyl sites for hydroxylation is 1. The molecular weight excluding hydrogens is 461 g/mol. The van der Waals surface area contributed by atoms with Crippen LogP contribution in [0.1, 0.15) is 43.0 Å². The molecule has 1 aliphatic carbocycles. The van der Waals surface area contributed by atoms with Gasteiger partial charge in [0, 0.05) is 51.8 Å². The van der Waals surface area contributed by atoms with Gasteiger partial charge in [-0.15, -0.1) is 0 Å². The number of hydrogen-bond acceptors (Lipinski definition) is 5. The molecule has 3 aliphatic rings. The molecule has 0 spiro atoms. The van der Waals surface area contributed by atoms with Gasteiger partial charge in [0.25, 0.3) is 5.91 Å². The highest BCUT2D eigenvalue weighted by molar-refractivity contribution is 6.02. The lowest BCUT2D eigenvalue weighted by Crippen LogP contribution is -2.49. The predicted octanol–water partition coefficient (Wildman–Crippen LogP) is 2.80. The number of hydrogen-bond donors (Lipinski definition) is 0.